The van der Waals surface area contributed by atoms with E-state index in [4.69, 9.17) is 5.73 Å². The molecule has 2 rings (SSSR count). The summed E-state index contributed by atoms with van der Waals surface area (Å²) in [6, 6.07) is 5.21. The molecule has 118 valence electrons. The van der Waals surface area contributed by atoms with E-state index in [2.05, 4.69) is 20.7 Å². The summed E-state index contributed by atoms with van der Waals surface area (Å²) in [6.45, 7) is 0.398. The van der Waals surface area contributed by atoms with Crippen molar-refractivity contribution in [3.05, 3.63) is 28.2 Å². The Morgan fingerprint density at radius 3 is 2.33 bits per heavy atom. The third-order valence-electron chi connectivity index (χ3n) is 3.95. The summed E-state index contributed by atoms with van der Waals surface area (Å²) >= 11 is 3.34. The molecule has 0 heterocycles. The first-order valence-corrected chi connectivity index (χ1v) is 9.81. The van der Waals surface area contributed by atoms with Crippen LogP contribution in [-0.4, -0.2) is 14.5 Å². The Labute approximate surface area is 135 Å². The fourth-order valence-corrected chi connectivity index (χ4v) is 5.18. The van der Waals surface area contributed by atoms with Crippen LogP contribution in [0.5, 0.6) is 0 Å². The summed E-state index contributed by atoms with van der Waals surface area (Å²) in [5.74, 6) is 0. The molecule has 1 fully saturated rings. The highest BCUT2D eigenvalue weighted by atomic mass is 79.9. The van der Waals surface area contributed by atoms with Gasteiger partial charge in [-0.15, -0.1) is 0 Å². The zero-order chi connectivity index (χ0) is 15.3. The first-order valence-electron chi connectivity index (χ1n) is 7.54. The van der Waals surface area contributed by atoms with Gasteiger partial charge in [-0.1, -0.05) is 38.2 Å². The predicted molar refractivity (Wildman–Crippen MR) is 88.5 cm³/mol. The van der Waals surface area contributed by atoms with Crippen LogP contribution in [0.15, 0.2) is 27.6 Å². The predicted octanol–water partition coefficient (Wildman–Crippen LogP) is 3.30. The second-order valence-electron chi connectivity index (χ2n) is 5.63. The Hall–Kier alpha value is -0.430. The molecule has 0 radical (unpaired) electrons. The van der Waals surface area contributed by atoms with E-state index in [0.717, 1.165) is 31.2 Å². The minimum Gasteiger partial charge on any atom is -0.326 e. The minimum absolute atomic E-state index is 0.0522. The fourth-order valence-electron chi connectivity index (χ4n) is 2.75. The lowest BCUT2D eigenvalue weighted by molar-refractivity contribution is 0.426. The molecular formula is C15H23BrN2O2S. The van der Waals surface area contributed by atoms with Gasteiger partial charge in [-0.3, -0.25) is 0 Å². The molecule has 4 nitrogen and oxygen atoms in total. The van der Waals surface area contributed by atoms with Crippen LogP contribution in [0.3, 0.4) is 0 Å². The van der Waals surface area contributed by atoms with E-state index in [0.29, 0.717) is 15.9 Å². The van der Waals surface area contributed by atoms with E-state index in [1.54, 1.807) is 18.2 Å². The first-order chi connectivity index (χ1) is 10.0. The van der Waals surface area contributed by atoms with Gasteiger partial charge in [0.15, 0.2) is 0 Å². The van der Waals surface area contributed by atoms with Crippen molar-refractivity contribution in [3.8, 4) is 0 Å². The standard InChI is InChI=1S/C15H23BrN2O2S/c16-14-10-12(11-17)8-9-15(14)21(19,20)18-13-6-4-2-1-3-5-7-13/h8-10,13,18H,1-7,11,17H2. The Morgan fingerprint density at radius 1 is 1.14 bits per heavy atom. The van der Waals surface area contributed by atoms with Crippen molar-refractivity contribution in [1.29, 1.82) is 0 Å². The molecule has 0 saturated heterocycles. The monoisotopic (exact) mass is 374 g/mol. The maximum atomic E-state index is 12.5. The van der Waals surface area contributed by atoms with Gasteiger partial charge >= 0.3 is 0 Å². The van der Waals surface area contributed by atoms with Crippen molar-refractivity contribution < 1.29 is 8.42 Å². The molecule has 0 bridgehead atoms. The van der Waals surface area contributed by atoms with E-state index in [1.165, 1.54) is 19.3 Å². The molecule has 0 spiro atoms. The van der Waals surface area contributed by atoms with E-state index >= 15 is 0 Å². The highest BCUT2D eigenvalue weighted by Gasteiger charge is 2.22. The Kier molecular flexibility index (Phi) is 6.22. The highest BCUT2D eigenvalue weighted by molar-refractivity contribution is 9.10. The lowest BCUT2D eigenvalue weighted by Crippen LogP contribution is -2.35. The van der Waals surface area contributed by atoms with Gasteiger partial charge in [0.05, 0.1) is 4.90 Å². The Balaban J connectivity index is 2.13. The van der Waals surface area contributed by atoms with Crippen LogP contribution in [0, 0.1) is 0 Å². The summed E-state index contributed by atoms with van der Waals surface area (Å²) in [5.41, 5.74) is 6.48. The second kappa shape index (κ2) is 7.72. The molecular weight excluding hydrogens is 352 g/mol. The van der Waals surface area contributed by atoms with E-state index < -0.39 is 10.0 Å². The summed E-state index contributed by atoms with van der Waals surface area (Å²) in [6.07, 6.45) is 7.72. The molecule has 1 aromatic carbocycles. The van der Waals surface area contributed by atoms with Gasteiger partial charge in [0, 0.05) is 17.1 Å². The molecule has 1 saturated carbocycles. The lowest BCUT2D eigenvalue weighted by Gasteiger charge is -2.21. The molecule has 0 aromatic heterocycles. The maximum absolute atomic E-state index is 12.5. The second-order valence-corrected chi connectivity index (χ2v) is 8.17. The number of nitrogens with two attached hydrogens (primary N) is 1. The molecule has 21 heavy (non-hydrogen) atoms. The topological polar surface area (TPSA) is 72.2 Å². The van der Waals surface area contributed by atoms with Gasteiger partial charge in [0.2, 0.25) is 10.0 Å². The van der Waals surface area contributed by atoms with Gasteiger partial charge < -0.3 is 5.73 Å². The smallest absolute Gasteiger partial charge is 0.241 e. The van der Waals surface area contributed by atoms with Gasteiger partial charge in [0.1, 0.15) is 0 Å². The van der Waals surface area contributed by atoms with Gasteiger partial charge in [-0.2, -0.15) is 0 Å². The maximum Gasteiger partial charge on any atom is 0.241 e. The Morgan fingerprint density at radius 2 is 1.76 bits per heavy atom. The Bertz CT molecular complexity index is 567. The summed E-state index contributed by atoms with van der Waals surface area (Å²) in [5, 5.41) is 0. The fraction of sp³-hybridized carbons (Fsp3) is 0.600. The van der Waals surface area contributed by atoms with Crippen LogP contribution in [0.25, 0.3) is 0 Å². The number of hydrogen-bond donors (Lipinski definition) is 2. The summed E-state index contributed by atoms with van der Waals surface area (Å²) in [4.78, 5) is 0.293. The quantitative estimate of drug-likeness (QED) is 0.848. The van der Waals surface area contributed by atoms with Crippen molar-refractivity contribution in [2.24, 2.45) is 5.73 Å². The van der Waals surface area contributed by atoms with Gasteiger partial charge in [-0.25, -0.2) is 13.1 Å². The normalized spacial score (nSPS) is 18.2. The number of rotatable bonds is 4. The number of hydrogen-bond acceptors (Lipinski definition) is 3. The number of halogens is 1. The van der Waals surface area contributed by atoms with E-state index in [-0.39, 0.29) is 6.04 Å². The van der Waals surface area contributed by atoms with Crippen LogP contribution in [-0.2, 0) is 16.6 Å². The van der Waals surface area contributed by atoms with Crippen LogP contribution in [0.2, 0.25) is 0 Å². The molecule has 0 amide bonds. The molecule has 1 aromatic rings. The number of sulfonamides is 1. The largest absolute Gasteiger partial charge is 0.326 e. The molecule has 1 aliphatic carbocycles. The molecule has 1 aliphatic rings. The van der Waals surface area contributed by atoms with Gasteiger partial charge in [-0.05, 0) is 46.5 Å². The average Bonchev–Trinajstić information content (AvgIpc) is 2.41. The van der Waals surface area contributed by atoms with Crippen LogP contribution >= 0.6 is 15.9 Å². The minimum atomic E-state index is -3.48. The highest BCUT2D eigenvalue weighted by Crippen LogP contribution is 2.25. The third-order valence-corrected chi connectivity index (χ3v) is 6.45. The molecule has 3 N–H and O–H groups in total. The molecule has 0 aliphatic heterocycles. The number of benzene rings is 1. The summed E-state index contributed by atoms with van der Waals surface area (Å²) in [7, 11) is -3.48. The van der Waals surface area contributed by atoms with Crippen molar-refractivity contribution in [2.45, 2.75) is 62.4 Å². The third kappa shape index (κ3) is 4.77. The van der Waals surface area contributed by atoms with Crippen LogP contribution in [0.4, 0.5) is 0 Å². The number of nitrogens with one attached hydrogen (secondary N) is 1. The van der Waals surface area contributed by atoms with Crippen molar-refractivity contribution >= 4 is 26.0 Å². The zero-order valence-corrected chi connectivity index (χ0v) is 14.5. The van der Waals surface area contributed by atoms with E-state index in [9.17, 15) is 8.42 Å². The molecule has 0 unspecified atom stereocenters. The van der Waals surface area contributed by atoms with Gasteiger partial charge in [0.25, 0.3) is 0 Å². The lowest BCUT2D eigenvalue weighted by atomic mass is 9.97. The van der Waals surface area contributed by atoms with E-state index in [1.807, 2.05) is 0 Å². The van der Waals surface area contributed by atoms with Crippen molar-refractivity contribution in [1.82, 2.24) is 4.72 Å². The SMILES string of the molecule is NCc1ccc(S(=O)(=O)NC2CCCCCCC2)c(Br)c1. The van der Waals surface area contributed by atoms with Crippen LogP contribution in [0.1, 0.15) is 50.5 Å². The first kappa shape index (κ1) is 16.9. The van der Waals surface area contributed by atoms with Crippen molar-refractivity contribution in [2.75, 3.05) is 0 Å². The zero-order valence-electron chi connectivity index (χ0n) is 12.1. The average molecular weight is 375 g/mol. The molecule has 0 atom stereocenters. The van der Waals surface area contributed by atoms with Crippen LogP contribution < -0.4 is 10.5 Å². The molecule has 6 heteroatoms. The summed E-state index contributed by atoms with van der Waals surface area (Å²) < 4.78 is 28.5. The van der Waals surface area contributed by atoms with Crippen molar-refractivity contribution in [3.63, 3.8) is 0 Å².